The predicted molar refractivity (Wildman–Crippen MR) is 140 cm³/mol. The van der Waals surface area contributed by atoms with Crippen LogP contribution in [-0.4, -0.2) is 56.3 Å². The van der Waals surface area contributed by atoms with Crippen molar-refractivity contribution in [1.82, 2.24) is 30.1 Å². The SMILES string of the molecule is Cc1ccc([C@@H](c2nnnn2Cc2ccccc2)N2CCN(c3nc4ccccc4s3)CC2)cc1. The minimum atomic E-state index is -0.00757. The molecule has 1 saturated heterocycles. The summed E-state index contributed by atoms with van der Waals surface area (Å²) in [6.07, 6.45) is 0. The van der Waals surface area contributed by atoms with Crippen molar-refractivity contribution in [2.45, 2.75) is 19.5 Å². The van der Waals surface area contributed by atoms with Crippen LogP contribution in [0.2, 0.25) is 0 Å². The maximum atomic E-state index is 4.87. The number of para-hydroxylation sites is 1. The highest BCUT2D eigenvalue weighted by molar-refractivity contribution is 7.22. The number of piperazine rings is 1. The molecule has 0 bridgehead atoms. The van der Waals surface area contributed by atoms with Crippen molar-refractivity contribution in [2.75, 3.05) is 31.1 Å². The first-order valence-electron chi connectivity index (χ1n) is 12.0. The molecule has 0 unspecified atom stereocenters. The smallest absolute Gasteiger partial charge is 0.186 e. The molecule has 2 aromatic heterocycles. The first-order valence-corrected chi connectivity index (χ1v) is 12.8. The van der Waals surface area contributed by atoms with Gasteiger partial charge in [-0.2, -0.15) is 0 Å². The fourth-order valence-electron chi connectivity index (χ4n) is 4.72. The number of thiazole rings is 1. The van der Waals surface area contributed by atoms with Gasteiger partial charge in [0, 0.05) is 26.2 Å². The number of hydrogen-bond acceptors (Lipinski definition) is 7. The van der Waals surface area contributed by atoms with Crippen molar-refractivity contribution in [2.24, 2.45) is 0 Å². The molecule has 7 nitrogen and oxygen atoms in total. The second-order valence-corrected chi connectivity index (χ2v) is 9.99. The number of nitrogens with zero attached hydrogens (tertiary/aromatic N) is 7. The molecule has 1 aliphatic heterocycles. The molecule has 0 saturated carbocycles. The first kappa shape index (κ1) is 21.9. The molecule has 0 radical (unpaired) electrons. The van der Waals surface area contributed by atoms with E-state index in [9.17, 15) is 0 Å². The largest absolute Gasteiger partial charge is 0.345 e. The van der Waals surface area contributed by atoms with Gasteiger partial charge < -0.3 is 4.90 Å². The Labute approximate surface area is 208 Å². The normalized spacial score (nSPS) is 15.5. The number of benzene rings is 3. The van der Waals surface area contributed by atoms with Gasteiger partial charge in [0.25, 0.3) is 0 Å². The molecule has 0 N–H and O–H groups in total. The maximum absolute atomic E-state index is 4.87. The van der Waals surface area contributed by atoms with E-state index in [1.807, 2.05) is 10.7 Å². The minimum Gasteiger partial charge on any atom is -0.345 e. The summed E-state index contributed by atoms with van der Waals surface area (Å²) in [4.78, 5) is 9.78. The Bertz CT molecular complexity index is 1370. The molecule has 3 aromatic carbocycles. The summed E-state index contributed by atoms with van der Waals surface area (Å²) in [5, 5.41) is 14.1. The summed E-state index contributed by atoms with van der Waals surface area (Å²) in [6.45, 7) is 6.43. The van der Waals surface area contributed by atoms with Crippen molar-refractivity contribution in [1.29, 1.82) is 0 Å². The fraction of sp³-hybridized carbons (Fsp3) is 0.259. The van der Waals surface area contributed by atoms with Crippen LogP contribution >= 0.6 is 11.3 Å². The zero-order valence-electron chi connectivity index (χ0n) is 19.7. The number of aryl methyl sites for hydroxylation is 1. The molecule has 0 amide bonds. The molecule has 1 aliphatic rings. The van der Waals surface area contributed by atoms with Crippen LogP contribution in [0.15, 0.2) is 78.9 Å². The third-order valence-electron chi connectivity index (χ3n) is 6.60. The molecular formula is C27H27N7S. The van der Waals surface area contributed by atoms with Crippen LogP contribution < -0.4 is 4.90 Å². The lowest BCUT2D eigenvalue weighted by Crippen LogP contribution is -2.48. The lowest BCUT2D eigenvalue weighted by molar-refractivity contribution is 0.201. The molecular weight excluding hydrogens is 454 g/mol. The van der Waals surface area contributed by atoms with Crippen molar-refractivity contribution in [3.8, 4) is 0 Å². The van der Waals surface area contributed by atoms with Gasteiger partial charge >= 0.3 is 0 Å². The third kappa shape index (κ3) is 4.54. The molecule has 6 rings (SSSR count). The van der Waals surface area contributed by atoms with Gasteiger partial charge in [0.2, 0.25) is 0 Å². The van der Waals surface area contributed by atoms with E-state index in [2.05, 4.69) is 105 Å². The van der Waals surface area contributed by atoms with Crippen molar-refractivity contribution in [3.63, 3.8) is 0 Å². The Morgan fingerprint density at radius 2 is 1.60 bits per heavy atom. The Kier molecular flexibility index (Phi) is 5.98. The summed E-state index contributed by atoms with van der Waals surface area (Å²) in [5.74, 6) is 0.881. The monoisotopic (exact) mass is 481 g/mol. The first-order chi connectivity index (χ1) is 17.2. The van der Waals surface area contributed by atoms with Gasteiger partial charge in [-0.3, -0.25) is 4.90 Å². The van der Waals surface area contributed by atoms with Crippen LogP contribution in [0, 0.1) is 6.92 Å². The Balaban J connectivity index is 1.27. The average Bonchev–Trinajstić information content (AvgIpc) is 3.54. The fourth-order valence-corrected chi connectivity index (χ4v) is 5.73. The highest BCUT2D eigenvalue weighted by Crippen LogP contribution is 2.32. The van der Waals surface area contributed by atoms with E-state index in [0.29, 0.717) is 6.54 Å². The minimum absolute atomic E-state index is 0.00757. The van der Waals surface area contributed by atoms with Crippen LogP contribution in [0.5, 0.6) is 0 Å². The number of fused-ring (bicyclic) bond motifs is 1. The summed E-state index contributed by atoms with van der Waals surface area (Å²) in [6, 6.07) is 27.5. The second kappa shape index (κ2) is 9.56. The van der Waals surface area contributed by atoms with Gasteiger partial charge in [-0.05, 0) is 40.6 Å². The molecule has 0 aliphatic carbocycles. The lowest BCUT2D eigenvalue weighted by atomic mass is 10.0. The molecule has 5 aromatic rings. The molecule has 1 fully saturated rings. The van der Waals surface area contributed by atoms with Crippen LogP contribution in [0.25, 0.3) is 10.2 Å². The molecule has 3 heterocycles. The van der Waals surface area contributed by atoms with Gasteiger partial charge in [0.1, 0.15) is 0 Å². The van der Waals surface area contributed by atoms with Crippen LogP contribution in [-0.2, 0) is 6.54 Å². The molecule has 176 valence electrons. The van der Waals surface area contributed by atoms with Gasteiger partial charge in [-0.15, -0.1) is 5.10 Å². The Morgan fingerprint density at radius 1 is 0.857 bits per heavy atom. The van der Waals surface area contributed by atoms with Gasteiger partial charge in [0.15, 0.2) is 11.0 Å². The van der Waals surface area contributed by atoms with E-state index in [1.54, 1.807) is 11.3 Å². The number of rotatable bonds is 6. The number of anilines is 1. The standard InChI is InChI=1S/C27H27N7S/c1-20-11-13-22(14-12-20)25(26-29-30-31-34(26)19-21-7-3-2-4-8-21)32-15-17-33(18-16-32)27-28-23-9-5-6-10-24(23)35-27/h2-14,25H,15-19H2,1H3/t25-/m0/s1. The Morgan fingerprint density at radius 3 is 2.37 bits per heavy atom. The molecule has 1 atom stereocenters. The lowest BCUT2D eigenvalue weighted by Gasteiger charge is -2.38. The highest BCUT2D eigenvalue weighted by Gasteiger charge is 2.31. The molecule has 35 heavy (non-hydrogen) atoms. The van der Waals surface area contributed by atoms with E-state index >= 15 is 0 Å². The number of tetrazole rings is 1. The predicted octanol–water partition coefficient (Wildman–Crippen LogP) is 4.55. The zero-order chi connectivity index (χ0) is 23.6. The Hall–Kier alpha value is -3.62. The summed E-state index contributed by atoms with van der Waals surface area (Å²) < 4.78 is 3.18. The number of aromatic nitrogens is 5. The van der Waals surface area contributed by atoms with E-state index in [4.69, 9.17) is 4.98 Å². The van der Waals surface area contributed by atoms with E-state index in [-0.39, 0.29) is 6.04 Å². The van der Waals surface area contributed by atoms with E-state index in [0.717, 1.165) is 42.7 Å². The van der Waals surface area contributed by atoms with Crippen LogP contribution in [0.3, 0.4) is 0 Å². The van der Waals surface area contributed by atoms with E-state index < -0.39 is 0 Å². The second-order valence-electron chi connectivity index (χ2n) is 8.98. The summed E-state index contributed by atoms with van der Waals surface area (Å²) in [7, 11) is 0. The zero-order valence-corrected chi connectivity index (χ0v) is 20.5. The third-order valence-corrected chi connectivity index (χ3v) is 7.70. The topological polar surface area (TPSA) is 63.0 Å². The molecule has 0 spiro atoms. The van der Waals surface area contributed by atoms with Crippen molar-refractivity contribution in [3.05, 3.63) is 101 Å². The van der Waals surface area contributed by atoms with Crippen molar-refractivity contribution >= 4 is 26.7 Å². The quantitative estimate of drug-likeness (QED) is 0.355. The van der Waals surface area contributed by atoms with Gasteiger partial charge in [-0.25, -0.2) is 9.67 Å². The number of hydrogen-bond donors (Lipinski definition) is 0. The van der Waals surface area contributed by atoms with Crippen LogP contribution in [0.4, 0.5) is 5.13 Å². The van der Waals surface area contributed by atoms with Gasteiger partial charge in [-0.1, -0.05) is 83.6 Å². The summed E-state index contributed by atoms with van der Waals surface area (Å²) >= 11 is 1.77. The highest BCUT2D eigenvalue weighted by atomic mass is 32.1. The van der Waals surface area contributed by atoms with Crippen molar-refractivity contribution < 1.29 is 0 Å². The van der Waals surface area contributed by atoms with E-state index in [1.165, 1.54) is 21.4 Å². The average molecular weight is 482 g/mol. The summed E-state index contributed by atoms with van der Waals surface area (Å²) in [5.41, 5.74) is 4.72. The van der Waals surface area contributed by atoms with Gasteiger partial charge in [0.05, 0.1) is 22.8 Å². The molecule has 8 heteroatoms. The maximum Gasteiger partial charge on any atom is 0.186 e. The van der Waals surface area contributed by atoms with Crippen LogP contribution in [0.1, 0.15) is 28.6 Å².